The second kappa shape index (κ2) is 7.37. The first-order valence-electron chi connectivity index (χ1n) is 7.57. The Morgan fingerprint density at radius 1 is 1.00 bits per heavy atom. The monoisotopic (exact) mass is 263 g/mol. The maximum absolute atomic E-state index is 12.0. The fourth-order valence-electron chi connectivity index (χ4n) is 2.90. The van der Waals surface area contributed by atoms with Crippen molar-refractivity contribution in [3.05, 3.63) is 23.4 Å². The number of methoxy groups -OCH3 is 1. The molecule has 19 heavy (non-hydrogen) atoms. The summed E-state index contributed by atoms with van der Waals surface area (Å²) in [6, 6.07) is 0. The molecule has 3 heteroatoms. The van der Waals surface area contributed by atoms with E-state index < -0.39 is 0 Å². The lowest BCUT2D eigenvalue weighted by Crippen LogP contribution is -2.24. The highest BCUT2D eigenvalue weighted by atomic mass is 16.5. The van der Waals surface area contributed by atoms with Crippen LogP contribution >= 0.6 is 0 Å². The topological polar surface area (TPSA) is 29.5 Å². The van der Waals surface area contributed by atoms with Crippen molar-refractivity contribution in [3.8, 4) is 0 Å². The van der Waals surface area contributed by atoms with E-state index in [0.717, 1.165) is 37.2 Å². The molecule has 2 rings (SSSR count). The molecule has 0 bridgehead atoms. The van der Waals surface area contributed by atoms with Crippen LogP contribution in [0.2, 0.25) is 0 Å². The molecule has 0 radical (unpaired) electrons. The maximum Gasteiger partial charge on any atom is 0.339 e. The maximum atomic E-state index is 12.0. The number of rotatable bonds is 2. The van der Waals surface area contributed by atoms with Crippen LogP contribution in [0.3, 0.4) is 0 Å². The van der Waals surface area contributed by atoms with Crippen molar-refractivity contribution in [2.75, 3.05) is 20.2 Å². The van der Waals surface area contributed by atoms with Crippen LogP contribution < -0.4 is 0 Å². The number of carbonyl (C=O) groups excluding carboxylic acids is 1. The van der Waals surface area contributed by atoms with Crippen LogP contribution in [0.5, 0.6) is 0 Å². The first-order valence-corrected chi connectivity index (χ1v) is 7.57. The molecule has 1 heterocycles. The number of allylic oxidation sites excluding steroid dienone is 2. The van der Waals surface area contributed by atoms with Gasteiger partial charge in [0.25, 0.3) is 0 Å². The van der Waals surface area contributed by atoms with Gasteiger partial charge in [-0.3, -0.25) is 0 Å². The van der Waals surface area contributed by atoms with E-state index in [1.807, 2.05) is 0 Å². The second-order valence-electron chi connectivity index (χ2n) is 5.38. The molecular formula is C16H25NO2. The quantitative estimate of drug-likeness (QED) is 0.715. The highest BCUT2D eigenvalue weighted by Gasteiger charge is 2.22. The zero-order valence-electron chi connectivity index (χ0n) is 12.0. The van der Waals surface area contributed by atoms with Gasteiger partial charge in [0.1, 0.15) is 0 Å². The van der Waals surface area contributed by atoms with E-state index in [4.69, 9.17) is 4.74 Å². The highest BCUT2D eigenvalue weighted by molar-refractivity contribution is 5.93. The average molecular weight is 263 g/mol. The number of carbonyl (C=O) groups is 1. The van der Waals surface area contributed by atoms with Crippen molar-refractivity contribution in [2.45, 2.75) is 51.4 Å². The molecule has 0 saturated carbocycles. The minimum atomic E-state index is -0.182. The predicted octanol–water partition coefficient (Wildman–Crippen LogP) is 3.42. The summed E-state index contributed by atoms with van der Waals surface area (Å²) < 4.78 is 4.97. The number of hydrogen-bond donors (Lipinski definition) is 0. The van der Waals surface area contributed by atoms with Crippen molar-refractivity contribution in [1.29, 1.82) is 0 Å². The van der Waals surface area contributed by atoms with E-state index in [1.54, 1.807) is 0 Å². The molecule has 1 saturated heterocycles. The van der Waals surface area contributed by atoms with E-state index >= 15 is 0 Å². The second-order valence-corrected chi connectivity index (χ2v) is 5.38. The normalized spacial score (nSPS) is 27.1. The summed E-state index contributed by atoms with van der Waals surface area (Å²) in [6.45, 7) is 2.14. The first kappa shape index (κ1) is 14.2. The van der Waals surface area contributed by atoms with Gasteiger partial charge in [0.2, 0.25) is 0 Å². The summed E-state index contributed by atoms with van der Waals surface area (Å²) in [4.78, 5) is 14.4. The lowest BCUT2D eigenvalue weighted by molar-refractivity contribution is -0.136. The number of nitrogens with zero attached hydrogens (tertiary/aromatic N) is 1. The zero-order chi connectivity index (χ0) is 13.5. The predicted molar refractivity (Wildman–Crippen MR) is 76.7 cm³/mol. The van der Waals surface area contributed by atoms with E-state index in [1.165, 1.54) is 45.6 Å². The van der Waals surface area contributed by atoms with Crippen LogP contribution in [-0.2, 0) is 9.53 Å². The summed E-state index contributed by atoms with van der Waals surface area (Å²) in [7, 11) is 1.48. The fraction of sp³-hybridized carbons (Fsp3) is 0.688. The minimum Gasteiger partial charge on any atom is -0.465 e. The fourth-order valence-corrected chi connectivity index (χ4v) is 2.90. The van der Waals surface area contributed by atoms with Gasteiger partial charge in [0, 0.05) is 18.8 Å². The van der Waals surface area contributed by atoms with Crippen molar-refractivity contribution < 1.29 is 9.53 Å². The lowest BCUT2D eigenvalue weighted by atomic mass is 10.0. The molecule has 3 nitrogen and oxygen atoms in total. The van der Waals surface area contributed by atoms with Gasteiger partial charge >= 0.3 is 5.97 Å². The third kappa shape index (κ3) is 3.85. The molecular weight excluding hydrogens is 238 g/mol. The molecule has 0 aromatic rings. The number of hydrogen-bond acceptors (Lipinski definition) is 3. The van der Waals surface area contributed by atoms with Crippen LogP contribution in [0, 0.1) is 0 Å². The Morgan fingerprint density at radius 3 is 2.26 bits per heavy atom. The average Bonchev–Trinajstić information content (AvgIpc) is 2.97. The largest absolute Gasteiger partial charge is 0.465 e. The third-order valence-corrected chi connectivity index (χ3v) is 3.97. The van der Waals surface area contributed by atoms with Crippen LogP contribution in [0.4, 0.5) is 0 Å². The van der Waals surface area contributed by atoms with E-state index in [0.29, 0.717) is 0 Å². The van der Waals surface area contributed by atoms with Gasteiger partial charge in [-0.25, -0.2) is 4.79 Å². The summed E-state index contributed by atoms with van der Waals surface area (Å²) in [5.41, 5.74) is 1.90. The molecule has 1 aliphatic heterocycles. The van der Waals surface area contributed by atoms with Gasteiger partial charge in [-0.1, -0.05) is 25.0 Å². The smallest absolute Gasteiger partial charge is 0.339 e. The summed E-state index contributed by atoms with van der Waals surface area (Å²) in [5.74, 6) is -0.182. The Morgan fingerprint density at radius 2 is 1.63 bits per heavy atom. The van der Waals surface area contributed by atoms with E-state index in [9.17, 15) is 4.79 Å². The SMILES string of the molecule is COC(=O)C1=C/CCCCCC/C=C\1N1CCCC1. The first-order chi connectivity index (χ1) is 9.33. The Kier molecular flexibility index (Phi) is 5.49. The molecule has 1 aliphatic carbocycles. The highest BCUT2D eigenvalue weighted by Crippen LogP contribution is 2.25. The molecule has 106 valence electrons. The standard InChI is InChI=1S/C16H25NO2/c1-19-16(18)14-10-6-4-2-3-5-7-11-15(14)17-12-8-9-13-17/h10-11H,2-9,12-13H2,1H3/b14-10+,15-11+. The third-order valence-electron chi connectivity index (χ3n) is 3.97. The van der Waals surface area contributed by atoms with Gasteiger partial charge in [0.05, 0.1) is 12.7 Å². The molecule has 0 atom stereocenters. The zero-order valence-corrected chi connectivity index (χ0v) is 12.0. The molecule has 0 aromatic carbocycles. The van der Waals surface area contributed by atoms with Crippen molar-refractivity contribution in [3.63, 3.8) is 0 Å². The Hall–Kier alpha value is -1.25. The summed E-state index contributed by atoms with van der Waals surface area (Å²) in [6.07, 6.45) is 13.8. The number of likely N-dealkylation sites (tertiary alicyclic amines) is 1. The van der Waals surface area contributed by atoms with E-state index in [-0.39, 0.29) is 5.97 Å². The lowest BCUT2D eigenvalue weighted by Gasteiger charge is -2.23. The Bertz CT molecular complexity index is 365. The van der Waals surface area contributed by atoms with E-state index in [2.05, 4.69) is 17.1 Å². The van der Waals surface area contributed by atoms with Gasteiger partial charge in [0.15, 0.2) is 0 Å². The summed E-state index contributed by atoms with van der Waals surface area (Å²) in [5, 5.41) is 0. The number of ether oxygens (including phenoxy) is 1. The summed E-state index contributed by atoms with van der Waals surface area (Å²) >= 11 is 0. The van der Waals surface area contributed by atoms with Gasteiger partial charge in [-0.2, -0.15) is 0 Å². The molecule has 0 unspecified atom stereocenters. The molecule has 0 aromatic heterocycles. The van der Waals surface area contributed by atoms with Gasteiger partial charge < -0.3 is 9.64 Å². The molecule has 0 N–H and O–H groups in total. The van der Waals surface area contributed by atoms with Crippen molar-refractivity contribution in [1.82, 2.24) is 4.90 Å². The minimum absolute atomic E-state index is 0.182. The van der Waals surface area contributed by atoms with Crippen LogP contribution in [0.25, 0.3) is 0 Å². The molecule has 0 spiro atoms. The van der Waals surface area contributed by atoms with Gasteiger partial charge in [-0.05, 0) is 38.5 Å². The van der Waals surface area contributed by atoms with Crippen LogP contribution in [-0.4, -0.2) is 31.1 Å². The van der Waals surface area contributed by atoms with Gasteiger partial charge in [-0.15, -0.1) is 0 Å². The van der Waals surface area contributed by atoms with Crippen LogP contribution in [0.1, 0.15) is 51.4 Å². The molecule has 2 aliphatic rings. The number of esters is 1. The Balaban J connectivity index is 2.24. The molecule has 0 amide bonds. The molecule has 1 fully saturated rings. The van der Waals surface area contributed by atoms with Crippen LogP contribution in [0.15, 0.2) is 23.4 Å². The van der Waals surface area contributed by atoms with Crippen molar-refractivity contribution >= 4 is 5.97 Å². The Labute approximate surface area is 116 Å². The van der Waals surface area contributed by atoms with Crippen molar-refractivity contribution in [2.24, 2.45) is 0 Å².